The molecule has 3 N–H and O–H groups in total. The van der Waals surface area contributed by atoms with Crippen molar-refractivity contribution in [3.8, 4) is 0 Å². The summed E-state index contributed by atoms with van der Waals surface area (Å²) in [5.74, 6) is -0.0845. The van der Waals surface area contributed by atoms with Gasteiger partial charge in [-0.3, -0.25) is 5.41 Å². The molecule has 0 amide bonds. The summed E-state index contributed by atoms with van der Waals surface area (Å²) < 4.78 is 0. The summed E-state index contributed by atoms with van der Waals surface area (Å²) in [6, 6.07) is 8.14. The molecule has 0 atom stereocenters. The van der Waals surface area contributed by atoms with Gasteiger partial charge in [0, 0.05) is 36.5 Å². The molecule has 0 fully saturated rings. The molecule has 0 heterocycles. The summed E-state index contributed by atoms with van der Waals surface area (Å²) >= 11 is 6.94. The van der Waals surface area contributed by atoms with Crippen molar-refractivity contribution in [2.24, 2.45) is 10.8 Å². The Kier molecular flexibility index (Phi) is 10.5. The van der Waals surface area contributed by atoms with Crippen LogP contribution in [0.3, 0.4) is 0 Å². The van der Waals surface area contributed by atoms with Crippen LogP contribution in [-0.2, 0) is 0 Å². The molecule has 0 saturated carbocycles. The predicted octanol–water partition coefficient (Wildman–Crippen LogP) is 2.86. The fourth-order valence-electron chi connectivity index (χ4n) is 1.56. The third-order valence-corrected chi connectivity index (χ3v) is 3.41. The Hall–Kier alpha value is -0.790. The van der Waals surface area contributed by atoms with E-state index in [0.29, 0.717) is 0 Å². The summed E-state index contributed by atoms with van der Waals surface area (Å²) in [7, 11) is 1.64. The number of alkyl halides is 2. The first-order chi connectivity index (χ1) is 9.58. The maximum Gasteiger partial charge on any atom is 0.208 e. The zero-order valence-electron chi connectivity index (χ0n) is 11.8. The van der Waals surface area contributed by atoms with Crippen molar-refractivity contribution in [2.75, 3.05) is 35.7 Å². The Bertz CT molecular complexity index is 446. The highest BCUT2D eigenvalue weighted by atomic mass is 79.9. The lowest BCUT2D eigenvalue weighted by Gasteiger charge is -2.23. The fourth-order valence-corrected chi connectivity index (χ4v) is 2.42. The van der Waals surface area contributed by atoms with Crippen LogP contribution in [0, 0.1) is 5.41 Å². The Morgan fingerprint density at radius 3 is 2.19 bits per heavy atom. The van der Waals surface area contributed by atoms with E-state index in [2.05, 4.69) is 54.0 Å². The van der Waals surface area contributed by atoms with E-state index in [1.54, 1.807) is 13.3 Å². The second-order valence-corrected chi connectivity index (χ2v) is 5.70. The summed E-state index contributed by atoms with van der Waals surface area (Å²) in [6.07, 6.45) is 1.69. The first-order valence-corrected chi connectivity index (χ1v) is 8.41. The number of halogens is 3. The zero-order chi connectivity index (χ0) is 15.0. The lowest BCUT2D eigenvalue weighted by Crippen LogP contribution is -2.28. The smallest absolute Gasteiger partial charge is 0.208 e. The maximum absolute atomic E-state index is 7.22. The van der Waals surface area contributed by atoms with Gasteiger partial charge in [-0.15, -0.1) is 12.4 Å². The van der Waals surface area contributed by atoms with Gasteiger partial charge in [-0.05, 0) is 17.7 Å². The van der Waals surface area contributed by atoms with Crippen LogP contribution in [0.1, 0.15) is 5.56 Å². The number of guanidine groups is 1. The van der Waals surface area contributed by atoms with Gasteiger partial charge in [0.15, 0.2) is 0 Å². The number of benzene rings is 1. The van der Waals surface area contributed by atoms with Gasteiger partial charge in [0.05, 0.1) is 6.21 Å². The molecule has 0 aliphatic carbocycles. The van der Waals surface area contributed by atoms with Crippen LogP contribution in [0.2, 0.25) is 0 Å². The number of anilines is 1. The van der Waals surface area contributed by atoms with Crippen molar-refractivity contribution in [3.63, 3.8) is 0 Å². The topological polar surface area (TPSA) is 68.7 Å². The average molecular weight is 442 g/mol. The lowest BCUT2D eigenvalue weighted by molar-refractivity contribution is 0.536. The molecule has 21 heavy (non-hydrogen) atoms. The van der Waals surface area contributed by atoms with E-state index in [4.69, 9.17) is 11.1 Å². The van der Waals surface area contributed by atoms with Gasteiger partial charge >= 0.3 is 0 Å². The van der Waals surface area contributed by atoms with Crippen LogP contribution in [0.4, 0.5) is 5.69 Å². The SMILES string of the molecule is CN(N=Cc1ccc(N(CCBr)CCBr)cc1)C(=N)N.Cl. The molecule has 1 aromatic carbocycles. The van der Waals surface area contributed by atoms with E-state index < -0.39 is 0 Å². The minimum atomic E-state index is -0.0845. The molecule has 0 spiro atoms. The first-order valence-electron chi connectivity index (χ1n) is 6.17. The van der Waals surface area contributed by atoms with Crippen LogP contribution in [-0.4, -0.2) is 48.0 Å². The largest absolute Gasteiger partial charge is 0.370 e. The van der Waals surface area contributed by atoms with Crippen molar-refractivity contribution in [2.45, 2.75) is 0 Å². The molecule has 1 aromatic rings. The summed E-state index contributed by atoms with van der Waals surface area (Å²) in [5, 5.41) is 14.5. The highest BCUT2D eigenvalue weighted by Gasteiger charge is 2.04. The molecule has 5 nitrogen and oxygen atoms in total. The van der Waals surface area contributed by atoms with Crippen LogP contribution >= 0.6 is 44.3 Å². The molecule has 8 heteroatoms. The molecule has 0 radical (unpaired) electrons. The number of hydrogen-bond donors (Lipinski definition) is 2. The van der Waals surface area contributed by atoms with Gasteiger partial charge in [0.1, 0.15) is 0 Å². The second-order valence-electron chi connectivity index (χ2n) is 4.11. The van der Waals surface area contributed by atoms with Crippen LogP contribution in [0.5, 0.6) is 0 Å². The van der Waals surface area contributed by atoms with E-state index in [1.807, 2.05) is 12.1 Å². The highest BCUT2D eigenvalue weighted by molar-refractivity contribution is 9.09. The number of nitrogens with zero attached hydrogens (tertiary/aromatic N) is 3. The molecular formula is C13H20Br2ClN5. The Morgan fingerprint density at radius 1 is 1.24 bits per heavy atom. The Balaban J connectivity index is 0.00000400. The summed E-state index contributed by atoms with van der Waals surface area (Å²) in [5.41, 5.74) is 7.46. The second kappa shape index (κ2) is 10.9. The summed E-state index contributed by atoms with van der Waals surface area (Å²) in [6.45, 7) is 1.93. The average Bonchev–Trinajstić information content (AvgIpc) is 2.45. The summed E-state index contributed by atoms with van der Waals surface area (Å²) in [4.78, 5) is 2.30. The first kappa shape index (κ1) is 20.2. The zero-order valence-corrected chi connectivity index (χ0v) is 15.8. The lowest BCUT2D eigenvalue weighted by atomic mass is 10.2. The van der Waals surface area contributed by atoms with Gasteiger partial charge in [-0.2, -0.15) is 5.10 Å². The van der Waals surface area contributed by atoms with E-state index in [-0.39, 0.29) is 18.4 Å². The molecule has 1 rings (SSSR count). The fraction of sp³-hybridized carbons (Fsp3) is 0.385. The Morgan fingerprint density at radius 2 is 1.76 bits per heavy atom. The Labute approximate surface area is 148 Å². The van der Waals surface area contributed by atoms with Crippen LogP contribution < -0.4 is 10.6 Å². The number of nitrogens with one attached hydrogen (secondary N) is 1. The standard InChI is InChI=1S/C13H19Br2N5.ClH/c1-19(13(16)17)18-10-11-2-4-12(5-3-11)20(8-6-14)9-7-15;/h2-5,10H,6-9H2,1H3,(H3,16,17);1H. The van der Waals surface area contributed by atoms with E-state index in [9.17, 15) is 0 Å². The predicted molar refractivity (Wildman–Crippen MR) is 101 cm³/mol. The maximum atomic E-state index is 7.22. The monoisotopic (exact) mass is 439 g/mol. The molecule has 0 aliphatic rings. The van der Waals surface area contributed by atoms with Gasteiger partial charge in [-0.25, -0.2) is 5.01 Å². The normalized spacial score (nSPS) is 10.2. The van der Waals surface area contributed by atoms with E-state index >= 15 is 0 Å². The van der Waals surface area contributed by atoms with Gasteiger partial charge < -0.3 is 10.6 Å². The van der Waals surface area contributed by atoms with Crippen LogP contribution in [0.15, 0.2) is 29.4 Å². The number of rotatable bonds is 7. The van der Waals surface area contributed by atoms with Gasteiger partial charge in [0.25, 0.3) is 0 Å². The minimum Gasteiger partial charge on any atom is -0.370 e. The van der Waals surface area contributed by atoms with Gasteiger partial charge in [-0.1, -0.05) is 44.0 Å². The highest BCUT2D eigenvalue weighted by Crippen LogP contribution is 2.15. The molecule has 0 bridgehead atoms. The van der Waals surface area contributed by atoms with Crippen LogP contribution in [0.25, 0.3) is 0 Å². The number of hydrogen-bond acceptors (Lipinski definition) is 3. The molecule has 0 aromatic heterocycles. The molecule has 0 saturated heterocycles. The van der Waals surface area contributed by atoms with E-state index in [1.165, 1.54) is 10.7 Å². The van der Waals surface area contributed by atoms with Crippen molar-refractivity contribution in [1.82, 2.24) is 5.01 Å². The number of hydrazone groups is 1. The number of nitrogens with two attached hydrogens (primary N) is 1. The van der Waals surface area contributed by atoms with E-state index in [0.717, 1.165) is 29.3 Å². The molecule has 0 aliphatic heterocycles. The quantitative estimate of drug-likeness (QED) is 0.296. The minimum absolute atomic E-state index is 0. The van der Waals surface area contributed by atoms with Crippen molar-refractivity contribution in [1.29, 1.82) is 5.41 Å². The molecular weight excluding hydrogens is 421 g/mol. The van der Waals surface area contributed by atoms with Crippen molar-refractivity contribution >= 4 is 62.1 Å². The van der Waals surface area contributed by atoms with Crippen molar-refractivity contribution in [3.05, 3.63) is 29.8 Å². The van der Waals surface area contributed by atoms with Gasteiger partial charge in [0.2, 0.25) is 5.96 Å². The third kappa shape index (κ3) is 7.15. The molecule has 0 unspecified atom stereocenters. The third-order valence-electron chi connectivity index (χ3n) is 2.70. The molecule has 118 valence electrons. The van der Waals surface area contributed by atoms with Crippen molar-refractivity contribution < 1.29 is 0 Å².